The van der Waals surface area contributed by atoms with E-state index in [-0.39, 0.29) is 57.3 Å². The monoisotopic (exact) mass is 982 g/mol. The minimum absolute atomic E-state index is 0. The summed E-state index contributed by atoms with van der Waals surface area (Å²) in [6.07, 6.45) is 1.01. The number of rotatable bonds is 2. The van der Waals surface area contributed by atoms with Gasteiger partial charge in [0.1, 0.15) is 0 Å². The summed E-state index contributed by atoms with van der Waals surface area (Å²) in [6, 6.07) is 39.6. The molecule has 0 spiro atoms. The van der Waals surface area contributed by atoms with Crippen molar-refractivity contribution < 1.29 is 48.7 Å². The van der Waals surface area contributed by atoms with E-state index in [0.29, 0.717) is 0 Å². The van der Waals surface area contributed by atoms with Crippen molar-refractivity contribution in [3.8, 4) is 11.1 Å². The predicted octanol–water partition coefficient (Wildman–Crippen LogP) is 9.06. The Morgan fingerprint density at radius 2 is 0.862 bits per heavy atom. The first-order valence-electron chi connectivity index (χ1n) is 20.7. The molecular weight excluding hydrogens is 910 g/mol. The molecule has 0 radical (unpaired) electrons. The van der Waals surface area contributed by atoms with E-state index in [2.05, 4.69) is 197 Å². The van der Waals surface area contributed by atoms with Crippen molar-refractivity contribution in [2.75, 3.05) is 0 Å². The molecule has 1 aliphatic rings. The van der Waals surface area contributed by atoms with E-state index in [0.717, 1.165) is 30.3 Å². The van der Waals surface area contributed by atoms with Crippen LogP contribution in [0, 0.1) is 6.07 Å². The van der Waals surface area contributed by atoms with Gasteiger partial charge in [-0.3, -0.25) is 0 Å². The summed E-state index contributed by atoms with van der Waals surface area (Å²) in [5.74, 6) is 0. The Bertz CT molecular complexity index is 1930. The zero-order chi connectivity index (χ0) is 42.2. The SMILES string of the molecule is CC(C)(C)c1[c-]c2c(cc1C(C)(C)C)-c1cc(C(C)(C)C)c(C(C)(C)C)cc1C2.CC(C)(C)c1ccc([C](=[Hf+2])c2ccc(C(C)(C)C)cc2)cc1.[Cl-].[Cl-].c1cc[cH-]c1. The molecule has 0 amide bonds. The van der Waals surface area contributed by atoms with Crippen molar-refractivity contribution in [1.29, 1.82) is 0 Å². The first kappa shape index (κ1) is 51.7. The van der Waals surface area contributed by atoms with Crippen LogP contribution in [0.2, 0.25) is 0 Å². The van der Waals surface area contributed by atoms with Gasteiger partial charge in [-0.25, -0.2) is 12.1 Å². The molecule has 0 aliphatic heterocycles. The van der Waals surface area contributed by atoms with Gasteiger partial charge < -0.3 is 24.8 Å². The van der Waals surface area contributed by atoms with E-state index in [1.807, 2.05) is 30.3 Å². The summed E-state index contributed by atoms with van der Waals surface area (Å²) >= 11 is 1.06. The smallest absolute Gasteiger partial charge is 0.172 e. The Morgan fingerprint density at radius 3 is 1.19 bits per heavy atom. The van der Waals surface area contributed by atoms with Gasteiger partial charge in [-0.2, -0.15) is 35.9 Å². The molecule has 0 aromatic heterocycles. The summed E-state index contributed by atoms with van der Waals surface area (Å²) in [4.78, 5) is 0. The fourth-order valence-electron chi connectivity index (χ4n) is 7.39. The largest absolute Gasteiger partial charge is 1.00 e. The topological polar surface area (TPSA) is 0 Å². The Labute approximate surface area is 382 Å². The van der Waals surface area contributed by atoms with E-state index in [9.17, 15) is 0 Å². The van der Waals surface area contributed by atoms with Crippen LogP contribution in [0.4, 0.5) is 0 Å². The van der Waals surface area contributed by atoms with E-state index in [1.165, 1.54) is 70.0 Å². The Hall–Kier alpha value is -2.45. The first-order valence-corrected chi connectivity index (χ1v) is 22.5. The summed E-state index contributed by atoms with van der Waals surface area (Å²) in [6.45, 7) is 41.6. The van der Waals surface area contributed by atoms with Crippen LogP contribution in [0.5, 0.6) is 0 Å². The van der Waals surface area contributed by atoms with Crippen molar-refractivity contribution in [3.63, 3.8) is 0 Å². The standard InChI is InChI=1S/C29H41.C21H26.C5H5.2ClH.Hf/c1-26(2,3)22-14-18-13-19-15-23(27(4,5)6)25(29(10,11)12)17-21(19)20(18)16-24(22)28(7,8)9;1-20(2,3)18-11-7-16(8-12-18)15-17-9-13-19(14-10-17)21(4,5)6;1-2-4-5-3-1;;;/h14,16-17H,13H2,1-12H3;7-14H,1-6H3;1-5H;2*1H;/q-1;;-1;;;+2/p-2. The average Bonchev–Trinajstić information content (AvgIpc) is 3.77. The molecule has 0 bridgehead atoms. The molecular formula is C55H72Cl2Hf-2. The zero-order valence-corrected chi connectivity index (χ0v) is 44.3. The molecule has 0 saturated heterocycles. The third-order valence-corrected chi connectivity index (χ3v) is 12.9. The summed E-state index contributed by atoms with van der Waals surface area (Å²) < 4.78 is 1.47. The van der Waals surface area contributed by atoms with Crippen LogP contribution in [0.1, 0.15) is 180 Å². The number of benzene rings is 4. The molecule has 0 heterocycles. The van der Waals surface area contributed by atoms with Gasteiger partial charge in [0, 0.05) is 0 Å². The zero-order valence-electron chi connectivity index (χ0n) is 39.2. The average molecular weight is 983 g/mol. The normalized spacial score (nSPS) is 12.8. The molecule has 58 heavy (non-hydrogen) atoms. The Morgan fingerprint density at radius 1 is 0.483 bits per heavy atom. The van der Waals surface area contributed by atoms with E-state index in [1.54, 1.807) is 0 Å². The van der Waals surface area contributed by atoms with Gasteiger partial charge in [-0.05, 0) is 39.4 Å². The van der Waals surface area contributed by atoms with Crippen LogP contribution in [-0.2, 0) is 62.8 Å². The van der Waals surface area contributed by atoms with Gasteiger partial charge >= 0.3 is 150 Å². The molecule has 0 unspecified atom stereocenters. The molecule has 3 heteroatoms. The minimum Gasteiger partial charge on any atom is -1.00 e. The maximum Gasteiger partial charge on any atom is -0.172 e. The number of halogens is 2. The van der Waals surface area contributed by atoms with Gasteiger partial charge in [-0.15, -0.1) is 16.7 Å². The second-order valence-corrected chi connectivity index (χ2v) is 24.0. The van der Waals surface area contributed by atoms with Crippen LogP contribution in [0.25, 0.3) is 11.1 Å². The third kappa shape index (κ3) is 13.0. The second-order valence-electron chi connectivity index (χ2n) is 22.2. The molecule has 0 fully saturated rings. The quantitative estimate of drug-likeness (QED) is 0.120. The maximum absolute atomic E-state index is 3.90. The maximum atomic E-state index is 3.90. The van der Waals surface area contributed by atoms with Crippen LogP contribution in [-0.4, -0.2) is 3.26 Å². The van der Waals surface area contributed by atoms with Crippen LogP contribution in [0.3, 0.4) is 0 Å². The third-order valence-electron chi connectivity index (χ3n) is 10.9. The minimum atomic E-state index is 0. The second kappa shape index (κ2) is 19.1. The number of hydrogen-bond donors (Lipinski definition) is 0. The van der Waals surface area contributed by atoms with Crippen LogP contribution in [0.15, 0.2) is 97.1 Å². The summed E-state index contributed by atoms with van der Waals surface area (Å²) in [5, 5.41) is 0. The van der Waals surface area contributed by atoms with Crippen molar-refractivity contribution in [1.82, 2.24) is 0 Å². The van der Waals surface area contributed by atoms with Crippen LogP contribution < -0.4 is 24.8 Å². The molecule has 312 valence electrons. The first-order chi connectivity index (χ1) is 25.5. The van der Waals surface area contributed by atoms with Crippen molar-refractivity contribution in [2.45, 2.75) is 164 Å². The van der Waals surface area contributed by atoms with E-state index < -0.39 is 0 Å². The Balaban J connectivity index is 0.000000354. The molecule has 1 aliphatic carbocycles. The van der Waals surface area contributed by atoms with Gasteiger partial charge in [0.25, 0.3) is 0 Å². The molecule has 0 N–H and O–H groups in total. The number of hydrogen-bond acceptors (Lipinski definition) is 0. The molecule has 5 aromatic rings. The van der Waals surface area contributed by atoms with Gasteiger partial charge in [0.2, 0.25) is 0 Å². The molecule has 5 aromatic carbocycles. The van der Waals surface area contributed by atoms with E-state index >= 15 is 0 Å². The molecule has 0 atom stereocenters. The van der Waals surface area contributed by atoms with E-state index in [4.69, 9.17) is 0 Å². The van der Waals surface area contributed by atoms with Crippen molar-refractivity contribution in [2.24, 2.45) is 0 Å². The van der Waals surface area contributed by atoms with Gasteiger partial charge in [0.15, 0.2) is 0 Å². The fraction of sp³-hybridized carbons (Fsp3) is 0.455. The molecule has 6 rings (SSSR count). The van der Waals surface area contributed by atoms with Crippen molar-refractivity contribution in [3.05, 3.63) is 159 Å². The van der Waals surface area contributed by atoms with Crippen molar-refractivity contribution >= 4 is 3.26 Å². The van der Waals surface area contributed by atoms with Gasteiger partial charge in [0.05, 0.1) is 0 Å². The van der Waals surface area contributed by atoms with Crippen LogP contribution >= 0.6 is 0 Å². The summed E-state index contributed by atoms with van der Waals surface area (Å²) in [7, 11) is 0. The molecule has 0 nitrogen and oxygen atoms in total. The fourth-order valence-corrected chi connectivity index (χ4v) is 8.58. The predicted molar refractivity (Wildman–Crippen MR) is 244 cm³/mol. The Kier molecular flexibility index (Phi) is 17.0. The number of fused-ring (bicyclic) bond motifs is 3. The summed E-state index contributed by atoms with van der Waals surface area (Å²) in [5.41, 5.74) is 17.9. The van der Waals surface area contributed by atoms with Gasteiger partial charge in [-0.1, -0.05) is 106 Å². The molecule has 0 saturated carbocycles.